The predicted octanol–water partition coefficient (Wildman–Crippen LogP) is 2.74. The number of likely N-dealkylation sites (tertiary alicyclic amines) is 1. The molecule has 0 aliphatic carbocycles. The smallest absolute Gasteiger partial charge is 0.257 e. The Bertz CT molecular complexity index is 400. The summed E-state index contributed by atoms with van der Waals surface area (Å²) in [5, 5.41) is 0.0889. The highest BCUT2D eigenvalue weighted by atomic mass is 35.5. The maximum absolute atomic E-state index is 12.2. The number of rotatable bonds is 1. The van der Waals surface area contributed by atoms with Crippen LogP contribution < -0.4 is 0 Å². The Morgan fingerprint density at radius 1 is 1.56 bits per heavy atom. The lowest BCUT2D eigenvalue weighted by Gasteiger charge is -2.29. The molecular weight excluding hydrogens is 226 g/mol. The summed E-state index contributed by atoms with van der Waals surface area (Å²) in [5.41, 5.74) is 0.670. The first kappa shape index (κ1) is 11.5. The SMILES string of the molecule is Cc1cc(C(=O)N2CCCC(Cl)C2)c(C)o1. The standard InChI is InChI=1S/C12H16ClNO2/c1-8-6-11(9(2)16-8)12(15)14-5-3-4-10(13)7-14/h6,10H,3-5,7H2,1-2H3. The lowest BCUT2D eigenvalue weighted by molar-refractivity contribution is 0.0725. The average molecular weight is 242 g/mol. The number of halogens is 1. The molecule has 1 fully saturated rings. The third-order valence-electron chi connectivity index (χ3n) is 2.92. The summed E-state index contributed by atoms with van der Waals surface area (Å²) < 4.78 is 5.37. The molecule has 1 aliphatic heterocycles. The molecule has 0 bridgehead atoms. The fraction of sp³-hybridized carbons (Fsp3) is 0.583. The van der Waals surface area contributed by atoms with Crippen molar-refractivity contribution in [3.8, 4) is 0 Å². The van der Waals surface area contributed by atoms with Crippen molar-refractivity contribution in [2.45, 2.75) is 32.1 Å². The van der Waals surface area contributed by atoms with Gasteiger partial charge in [0, 0.05) is 13.1 Å². The third-order valence-corrected chi connectivity index (χ3v) is 3.28. The van der Waals surface area contributed by atoms with Gasteiger partial charge in [-0.1, -0.05) is 0 Å². The molecule has 88 valence electrons. The minimum absolute atomic E-state index is 0.0414. The zero-order chi connectivity index (χ0) is 11.7. The Labute approximate surface area is 100 Å². The number of carbonyl (C=O) groups excluding carboxylic acids is 1. The van der Waals surface area contributed by atoms with Gasteiger partial charge in [0.1, 0.15) is 11.5 Å². The average Bonchev–Trinajstić information content (AvgIpc) is 2.57. The summed E-state index contributed by atoms with van der Waals surface area (Å²) in [6, 6.07) is 1.80. The van der Waals surface area contributed by atoms with E-state index < -0.39 is 0 Å². The summed E-state index contributed by atoms with van der Waals surface area (Å²) in [6.07, 6.45) is 1.98. The van der Waals surface area contributed by atoms with Crippen LogP contribution in [0, 0.1) is 13.8 Å². The van der Waals surface area contributed by atoms with Crippen molar-refractivity contribution < 1.29 is 9.21 Å². The zero-order valence-electron chi connectivity index (χ0n) is 9.62. The maximum Gasteiger partial charge on any atom is 0.257 e. The molecule has 1 aromatic heterocycles. The van der Waals surface area contributed by atoms with Gasteiger partial charge in [-0.25, -0.2) is 0 Å². The lowest BCUT2D eigenvalue weighted by Crippen LogP contribution is -2.40. The van der Waals surface area contributed by atoms with Crippen LogP contribution in [0.4, 0.5) is 0 Å². The van der Waals surface area contributed by atoms with Gasteiger partial charge in [0.25, 0.3) is 5.91 Å². The van der Waals surface area contributed by atoms with Crippen LogP contribution in [-0.4, -0.2) is 29.3 Å². The van der Waals surface area contributed by atoms with Crippen molar-refractivity contribution in [2.24, 2.45) is 0 Å². The molecule has 4 heteroatoms. The number of amides is 1. The number of carbonyl (C=O) groups is 1. The van der Waals surface area contributed by atoms with Crippen molar-refractivity contribution in [3.63, 3.8) is 0 Å². The van der Waals surface area contributed by atoms with Crippen LogP contribution in [0.5, 0.6) is 0 Å². The molecule has 1 amide bonds. The van der Waals surface area contributed by atoms with Gasteiger partial charge in [-0.3, -0.25) is 4.79 Å². The van der Waals surface area contributed by atoms with E-state index in [9.17, 15) is 4.79 Å². The highest BCUT2D eigenvalue weighted by Crippen LogP contribution is 2.20. The summed E-state index contributed by atoms with van der Waals surface area (Å²) in [7, 11) is 0. The van der Waals surface area contributed by atoms with Gasteiger partial charge >= 0.3 is 0 Å². The second kappa shape index (κ2) is 4.50. The predicted molar refractivity (Wildman–Crippen MR) is 63.0 cm³/mol. The van der Waals surface area contributed by atoms with Crippen LogP contribution in [0.1, 0.15) is 34.7 Å². The van der Waals surface area contributed by atoms with E-state index in [4.69, 9.17) is 16.0 Å². The molecule has 16 heavy (non-hydrogen) atoms. The van der Waals surface area contributed by atoms with Crippen molar-refractivity contribution in [3.05, 3.63) is 23.2 Å². The first-order valence-electron chi connectivity index (χ1n) is 5.58. The highest BCUT2D eigenvalue weighted by Gasteiger charge is 2.25. The number of furan rings is 1. The lowest BCUT2D eigenvalue weighted by atomic mass is 10.1. The van der Waals surface area contributed by atoms with Crippen LogP contribution in [0.2, 0.25) is 0 Å². The van der Waals surface area contributed by atoms with Gasteiger partial charge in [-0.2, -0.15) is 0 Å². The molecule has 0 N–H and O–H groups in total. The van der Waals surface area contributed by atoms with E-state index in [0.717, 1.165) is 25.1 Å². The van der Waals surface area contributed by atoms with E-state index >= 15 is 0 Å². The summed E-state index contributed by atoms with van der Waals surface area (Å²) in [6.45, 7) is 5.11. The number of hydrogen-bond acceptors (Lipinski definition) is 2. The topological polar surface area (TPSA) is 33.5 Å². The van der Waals surface area contributed by atoms with Crippen molar-refractivity contribution >= 4 is 17.5 Å². The Morgan fingerprint density at radius 2 is 2.31 bits per heavy atom. The zero-order valence-corrected chi connectivity index (χ0v) is 10.4. The second-order valence-corrected chi connectivity index (χ2v) is 4.93. The molecule has 2 heterocycles. The van der Waals surface area contributed by atoms with E-state index in [-0.39, 0.29) is 11.3 Å². The first-order valence-corrected chi connectivity index (χ1v) is 6.02. The van der Waals surface area contributed by atoms with Crippen LogP contribution >= 0.6 is 11.6 Å². The molecule has 1 aliphatic rings. The number of nitrogens with zero attached hydrogens (tertiary/aromatic N) is 1. The highest BCUT2D eigenvalue weighted by molar-refractivity contribution is 6.21. The van der Waals surface area contributed by atoms with Gasteiger partial charge in [0.15, 0.2) is 0 Å². The number of alkyl halides is 1. The first-order chi connectivity index (χ1) is 7.58. The largest absolute Gasteiger partial charge is 0.466 e. The Morgan fingerprint density at radius 3 is 2.88 bits per heavy atom. The maximum atomic E-state index is 12.2. The van der Waals surface area contributed by atoms with E-state index in [0.29, 0.717) is 17.9 Å². The van der Waals surface area contributed by atoms with Gasteiger partial charge in [-0.05, 0) is 32.8 Å². The minimum atomic E-state index is 0.0414. The normalized spacial score (nSPS) is 21.2. The van der Waals surface area contributed by atoms with Crippen LogP contribution in [-0.2, 0) is 0 Å². The molecule has 1 unspecified atom stereocenters. The third kappa shape index (κ3) is 2.24. The second-order valence-electron chi connectivity index (χ2n) is 4.32. The molecule has 0 aromatic carbocycles. The van der Waals surface area contributed by atoms with E-state index in [2.05, 4.69) is 0 Å². The molecule has 0 spiro atoms. The monoisotopic (exact) mass is 241 g/mol. The molecule has 0 radical (unpaired) electrons. The van der Waals surface area contributed by atoms with Crippen molar-refractivity contribution in [2.75, 3.05) is 13.1 Å². The van der Waals surface area contributed by atoms with Gasteiger partial charge < -0.3 is 9.32 Å². The van der Waals surface area contributed by atoms with Crippen molar-refractivity contribution in [1.82, 2.24) is 4.90 Å². The number of aryl methyl sites for hydroxylation is 2. The van der Waals surface area contributed by atoms with Crippen LogP contribution in [0.25, 0.3) is 0 Å². The molecular formula is C12H16ClNO2. The van der Waals surface area contributed by atoms with E-state index in [1.165, 1.54) is 0 Å². The number of piperidine rings is 1. The fourth-order valence-electron chi connectivity index (χ4n) is 2.12. The summed E-state index contributed by atoms with van der Waals surface area (Å²) in [5.74, 6) is 1.51. The van der Waals surface area contributed by atoms with Crippen LogP contribution in [0.15, 0.2) is 10.5 Å². The van der Waals surface area contributed by atoms with Crippen LogP contribution in [0.3, 0.4) is 0 Å². The van der Waals surface area contributed by atoms with E-state index in [1.807, 2.05) is 18.7 Å². The Hall–Kier alpha value is -0.960. The quantitative estimate of drug-likeness (QED) is 0.709. The summed E-state index contributed by atoms with van der Waals surface area (Å²) in [4.78, 5) is 14.0. The Kier molecular flexibility index (Phi) is 3.24. The Balaban J connectivity index is 2.15. The minimum Gasteiger partial charge on any atom is -0.466 e. The molecule has 1 saturated heterocycles. The molecule has 1 atom stereocenters. The molecule has 2 rings (SSSR count). The van der Waals surface area contributed by atoms with Gasteiger partial charge in [-0.15, -0.1) is 11.6 Å². The number of hydrogen-bond donors (Lipinski definition) is 0. The molecule has 0 saturated carbocycles. The summed E-state index contributed by atoms with van der Waals surface area (Å²) >= 11 is 6.07. The van der Waals surface area contributed by atoms with Crippen molar-refractivity contribution in [1.29, 1.82) is 0 Å². The molecule has 3 nitrogen and oxygen atoms in total. The van der Waals surface area contributed by atoms with E-state index in [1.54, 1.807) is 6.07 Å². The fourth-order valence-corrected chi connectivity index (χ4v) is 2.44. The molecule has 1 aromatic rings. The van der Waals surface area contributed by atoms with Gasteiger partial charge in [0.2, 0.25) is 0 Å². The van der Waals surface area contributed by atoms with Gasteiger partial charge in [0.05, 0.1) is 10.9 Å².